The van der Waals surface area contributed by atoms with E-state index in [1.807, 2.05) is 11.1 Å². The number of hydrogen-bond acceptors (Lipinski definition) is 5. The van der Waals surface area contributed by atoms with Crippen LogP contribution < -0.4 is 0 Å². The fraction of sp³-hybridized carbons (Fsp3) is 0.655. The second-order valence-electron chi connectivity index (χ2n) is 10.8. The molecule has 2 aliphatic heterocycles. The Morgan fingerprint density at radius 2 is 1.89 bits per heavy atom. The number of carbonyl (C=O) groups is 1. The van der Waals surface area contributed by atoms with Crippen LogP contribution in [-0.4, -0.2) is 59.3 Å². The third-order valence-electron chi connectivity index (χ3n) is 8.53. The summed E-state index contributed by atoms with van der Waals surface area (Å²) in [6.07, 6.45) is 10.4. The maximum Gasteiger partial charge on any atom is 0.410 e. The molecular formula is C29H41N3O4. The summed E-state index contributed by atoms with van der Waals surface area (Å²) < 4.78 is 20.0. The predicted molar refractivity (Wildman–Crippen MR) is 138 cm³/mol. The zero-order valence-electron chi connectivity index (χ0n) is 22.0. The molecule has 1 aromatic carbocycles. The molecule has 3 unspecified atom stereocenters. The Bertz CT molecular complexity index is 995. The number of hydrogen-bond donors (Lipinski definition) is 0. The summed E-state index contributed by atoms with van der Waals surface area (Å²) >= 11 is 0. The molecule has 196 valence electrons. The molecule has 0 bridgehead atoms. The van der Waals surface area contributed by atoms with E-state index in [0.29, 0.717) is 12.5 Å². The summed E-state index contributed by atoms with van der Waals surface area (Å²) in [5.41, 5.74) is 3.77. The van der Waals surface area contributed by atoms with E-state index in [-0.39, 0.29) is 36.4 Å². The van der Waals surface area contributed by atoms with Gasteiger partial charge >= 0.3 is 6.09 Å². The third kappa shape index (κ3) is 5.18. The summed E-state index contributed by atoms with van der Waals surface area (Å²) in [5.74, 6) is 0.747. The highest BCUT2D eigenvalue weighted by atomic mass is 16.5. The van der Waals surface area contributed by atoms with Crippen LogP contribution in [0.3, 0.4) is 0 Å². The van der Waals surface area contributed by atoms with Gasteiger partial charge in [0.2, 0.25) is 0 Å². The number of amides is 1. The average molecular weight is 496 g/mol. The number of benzene rings is 1. The Labute approximate surface area is 215 Å². The normalized spacial score (nSPS) is 30.9. The summed E-state index contributed by atoms with van der Waals surface area (Å²) in [5, 5.41) is 4.74. The van der Waals surface area contributed by atoms with Gasteiger partial charge in [0.05, 0.1) is 32.1 Å². The lowest BCUT2D eigenvalue weighted by Crippen LogP contribution is -2.44. The number of aromatic nitrogens is 2. The van der Waals surface area contributed by atoms with Crippen molar-refractivity contribution in [1.82, 2.24) is 14.7 Å². The summed E-state index contributed by atoms with van der Waals surface area (Å²) in [4.78, 5) is 14.8. The van der Waals surface area contributed by atoms with Gasteiger partial charge in [-0.15, -0.1) is 0 Å². The first kappa shape index (κ1) is 25.3. The molecule has 5 rings (SSSR count). The first-order valence-electron chi connectivity index (χ1n) is 13.7. The number of carbonyl (C=O) groups excluding carboxylic acids is 1. The van der Waals surface area contributed by atoms with E-state index >= 15 is 0 Å². The molecule has 2 aromatic rings. The molecule has 0 radical (unpaired) electrons. The first-order valence-corrected chi connectivity index (χ1v) is 13.7. The fourth-order valence-corrected chi connectivity index (χ4v) is 6.66. The van der Waals surface area contributed by atoms with Crippen molar-refractivity contribution < 1.29 is 19.0 Å². The van der Waals surface area contributed by atoms with E-state index in [2.05, 4.69) is 48.9 Å². The molecule has 3 heterocycles. The van der Waals surface area contributed by atoms with Crippen LogP contribution in [0, 0.1) is 6.92 Å². The van der Waals surface area contributed by atoms with E-state index in [0.717, 1.165) is 63.5 Å². The van der Waals surface area contributed by atoms with Gasteiger partial charge in [-0.2, -0.15) is 5.10 Å². The topological polar surface area (TPSA) is 65.8 Å². The van der Waals surface area contributed by atoms with Crippen molar-refractivity contribution in [3.05, 3.63) is 53.3 Å². The van der Waals surface area contributed by atoms with Crippen molar-refractivity contribution in [3.63, 3.8) is 0 Å². The highest BCUT2D eigenvalue weighted by Gasteiger charge is 2.46. The molecule has 1 aromatic heterocycles. The smallest absolute Gasteiger partial charge is 0.410 e. The molecule has 2 saturated heterocycles. The molecule has 7 heteroatoms. The second kappa shape index (κ2) is 11.3. The lowest BCUT2D eigenvalue weighted by molar-refractivity contribution is -0.0430. The molecule has 3 fully saturated rings. The van der Waals surface area contributed by atoms with Gasteiger partial charge in [0.25, 0.3) is 0 Å². The summed E-state index contributed by atoms with van der Waals surface area (Å²) in [7, 11) is 1.47. The first-order chi connectivity index (χ1) is 17.6. The molecular weight excluding hydrogens is 454 g/mol. The van der Waals surface area contributed by atoms with E-state index in [9.17, 15) is 4.79 Å². The largest absolute Gasteiger partial charge is 0.453 e. The van der Waals surface area contributed by atoms with E-state index in [1.165, 1.54) is 18.4 Å². The van der Waals surface area contributed by atoms with Crippen LogP contribution in [0.25, 0.3) is 0 Å². The molecule has 3 aliphatic rings. The van der Waals surface area contributed by atoms with Crippen LogP contribution in [0.1, 0.15) is 93.2 Å². The standard InChI is InChI=1S/C29H41N3O4/c1-20-18-30-32(27-11-7-8-16-35-27)28(20)25-17-21(2)31(29(33)34-3)26(25)19-36-24-14-12-23(13-15-24)22-9-5-4-6-10-22/h4-6,9-10,18,21,23-27H,7-8,11-17,19H2,1-3H3/t21-,23-,24+,25?,26?,27?/m1/s1. The minimum absolute atomic E-state index is 0.0280. The molecule has 1 amide bonds. The van der Waals surface area contributed by atoms with Crippen LogP contribution in [0.4, 0.5) is 4.79 Å². The van der Waals surface area contributed by atoms with Gasteiger partial charge < -0.3 is 14.2 Å². The number of likely N-dealkylation sites (tertiary alicyclic amines) is 1. The highest BCUT2D eigenvalue weighted by molar-refractivity contribution is 5.69. The predicted octanol–water partition coefficient (Wildman–Crippen LogP) is 5.95. The quantitative estimate of drug-likeness (QED) is 0.496. The lowest BCUT2D eigenvalue weighted by Gasteiger charge is -2.34. The zero-order valence-corrected chi connectivity index (χ0v) is 22.0. The number of rotatable bonds is 6. The second-order valence-corrected chi connectivity index (χ2v) is 10.8. The molecule has 4 atom stereocenters. The van der Waals surface area contributed by atoms with Crippen molar-refractivity contribution in [2.24, 2.45) is 0 Å². The van der Waals surface area contributed by atoms with E-state index < -0.39 is 0 Å². The van der Waals surface area contributed by atoms with Gasteiger partial charge in [-0.3, -0.25) is 4.90 Å². The van der Waals surface area contributed by atoms with Gasteiger partial charge in [-0.1, -0.05) is 30.3 Å². The Balaban J connectivity index is 1.31. The van der Waals surface area contributed by atoms with E-state index in [4.69, 9.17) is 19.3 Å². The van der Waals surface area contributed by atoms with Crippen LogP contribution in [-0.2, 0) is 14.2 Å². The minimum atomic E-state index is -0.274. The van der Waals surface area contributed by atoms with Crippen molar-refractivity contribution in [3.8, 4) is 0 Å². The van der Waals surface area contributed by atoms with Gasteiger partial charge in [0.1, 0.15) is 6.23 Å². The zero-order chi connectivity index (χ0) is 25.1. The van der Waals surface area contributed by atoms with Crippen LogP contribution >= 0.6 is 0 Å². The Kier molecular flexibility index (Phi) is 7.96. The fourth-order valence-electron chi connectivity index (χ4n) is 6.66. The van der Waals surface area contributed by atoms with Crippen LogP contribution in [0.15, 0.2) is 36.5 Å². The maximum atomic E-state index is 12.9. The molecule has 1 saturated carbocycles. The van der Waals surface area contributed by atoms with Gasteiger partial charge in [0.15, 0.2) is 0 Å². The molecule has 0 N–H and O–H groups in total. The lowest BCUT2D eigenvalue weighted by atomic mass is 9.83. The van der Waals surface area contributed by atoms with Gasteiger partial charge in [-0.25, -0.2) is 9.48 Å². The SMILES string of the molecule is COC(=O)N1C(CO[C@H]2CC[C@@H](c3ccccc3)CC2)C(c2c(C)cnn2C2CCCCO2)C[C@H]1C. The Morgan fingerprint density at radius 1 is 1.11 bits per heavy atom. The van der Waals surface area contributed by atoms with Crippen molar-refractivity contribution in [1.29, 1.82) is 0 Å². The van der Waals surface area contributed by atoms with Crippen LogP contribution in [0.2, 0.25) is 0 Å². The Hall–Kier alpha value is -2.38. The molecule has 1 aliphatic carbocycles. The highest BCUT2D eigenvalue weighted by Crippen LogP contribution is 2.42. The maximum absolute atomic E-state index is 12.9. The number of ether oxygens (including phenoxy) is 3. The third-order valence-corrected chi connectivity index (χ3v) is 8.53. The number of aryl methyl sites for hydroxylation is 1. The van der Waals surface area contributed by atoms with Gasteiger partial charge in [0, 0.05) is 24.3 Å². The monoisotopic (exact) mass is 495 g/mol. The Morgan fingerprint density at radius 3 is 2.58 bits per heavy atom. The van der Waals surface area contributed by atoms with Gasteiger partial charge in [-0.05, 0) is 82.3 Å². The summed E-state index contributed by atoms with van der Waals surface area (Å²) in [6.45, 7) is 5.52. The molecule has 36 heavy (non-hydrogen) atoms. The van der Waals surface area contributed by atoms with Crippen molar-refractivity contribution >= 4 is 6.09 Å². The average Bonchev–Trinajstić information content (AvgIpc) is 3.47. The van der Waals surface area contributed by atoms with E-state index in [1.54, 1.807) is 0 Å². The van der Waals surface area contributed by atoms with Crippen molar-refractivity contribution in [2.75, 3.05) is 20.3 Å². The molecule has 0 spiro atoms. The minimum Gasteiger partial charge on any atom is -0.453 e. The number of methoxy groups -OCH3 is 1. The summed E-state index contributed by atoms with van der Waals surface area (Å²) in [6, 6.07) is 10.8. The number of nitrogens with zero attached hydrogens (tertiary/aromatic N) is 3. The van der Waals surface area contributed by atoms with Crippen LogP contribution in [0.5, 0.6) is 0 Å². The molecule has 7 nitrogen and oxygen atoms in total. The van der Waals surface area contributed by atoms with Crippen molar-refractivity contribution in [2.45, 2.75) is 101 Å².